The van der Waals surface area contributed by atoms with Gasteiger partial charge in [0.15, 0.2) is 0 Å². The molecule has 1 aliphatic heterocycles. The molecule has 1 aliphatic rings. The summed E-state index contributed by atoms with van der Waals surface area (Å²) in [6.07, 6.45) is 5.09. The van der Waals surface area contributed by atoms with Crippen molar-refractivity contribution in [1.29, 1.82) is 0 Å². The van der Waals surface area contributed by atoms with E-state index in [-0.39, 0.29) is 51.4 Å². The largest absolute Gasteiger partial charge is 1.00 e. The summed E-state index contributed by atoms with van der Waals surface area (Å²) >= 11 is 0. The number of ether oxygens (including phenoxy) is 1. The van der Waals surface area contributed by atoms with Gasteiger partial charge in [-0.15, -0.1) is 17.8 Å². The average Bonchev–Trinajstić information content (AvgIpc) is 3.20. The Balaban J connectivity index is 0.000000310. The van der Waals surface area contributed by atoms with Crippen molar-refractivity contribution >= 4 is 12.1 Å². The molecule has 0 radical (unpaired) electrons. The molecule has 0 unspecified atom stereocenters. The van der Waals surface area contributed by atoms with Crippen molar-refractivity contribution < 1.29 is 60.9 Å². The van der Waals surface area contributed by atoms with Crippen molar-refractivity contribution in [3.8, 4) is 5.75 Å². The van der Waals surface area contributed by atoms with Gasteiger partial charge in [0.2, 0.25) is 0 Å². The second-order valence-corrected chi connectivity index (χ2v) is 6.21. The maximum atomic E-state index is 10.2. The van der Waals surface area contributed by atoms with Gasteiger partial charge in [0.05, 0.1) is 19.3 Å². The first-order valence-corrected chi connectivity index (χ1v) is 8.73. The Kier molecular flexibility index (Phi) is 11.5. The van der Waals surface area contributed by atoms with Crippen LogP contribution in [-0.4, -0.2) is 31.5 Å². The molecule has 138 valence electrons. The van der Waals surface area contributed by atoms with Crippen LogP contribution in [0.3, 0.4) is 0 Å². The molecule has 3 rings (SSSR count). The van der Waals surface area contributed by atoms with E-state index >= 15 is 0 Å². The Labute approximate surface area is 205 Å². The molecule has 0 atom stereocenters. The van der Waals surface area contributed by atoms with Gasteiger partial charge in [0.1, 0.15) is 0 Å². The zero-order valence-corrected chi connectivity index (χ0v) is 19.5. The summed E-state index contributed by atoms with van der Waals surface area (Å²) in [6.45, 7) is 10.2. The van der Waals surface area contributed by atoms with Crippen LogP contribution < -0.4 is 61.4 Å². The fraction of sp³-hybridized carbons (Fsp3) is 0.273. The van der Waals surface area contributed by atoms with Crippen LogP contribution in [0.4, 0.5) is 5.69 Å². The summed E-state index contributed by atoms with van der Waals surface area (Å²) in [7, 11) is 1.65. The predicted molar refractivity (Wildman–Crippen MR) is 107 cm³/mol. The fourth-order valence-corrected chi connectivity index (χ4v) is 2.77. The standard InChI is InChI=1S/C14H17N2O.C8H9O.K/c1-12(16-8-2-3-9-16)10-13-4-6-14(7-5-13)15-11-17;1-7-3-5-8(9-2)6-4-7;/h4-7H,1-3,8-10H2,(H,15,17);3-6H,1H2,2H3;/q2*-1;+1. The minimum absolute atomic E-state index is 0. The van der Waals surface area contributed by atoms with Gasteiger partial charge in [0, 0.05) is 25.2 Å². The Hall–Kier alpha value is -1.24. The van der Waals surface area contributed by atoms with Gasteiger partial charge in [-0.1, -0.05) is 30.8 Å². The van der Waals surface area contributed by atoms with Gasteiger partial charge in [0.25, 0.3) is 0 Å². The van der Waals surface area contributed by atoms with Crippen LogP contribution in [-0.2, 0) is 11.2 Å². The quantitative estimate of drug-likeness (QED) is 0.459. The minimum atomic E-state index is 0. The third kappa shape index (κ3) is 8.54. The molecule has 1 saturated heterocycles. The number of anilines is 1. The molecule has 27 heavy (non-hydrogen) atoms. The first kappa shape index (κ1) is 23.8. The molecule has 0 spiro atoms. The van der Waals surface area contributed by atoms with Crippen molar-refractivity contribution in [3.05, 3.63) is 78.9 Å². The number of hydrogen-bond donors (Lipinski definition) is 1. The maximum Gasteiger partial charge on any atom is 1.00 e. The molecule has 2 aromatic rings. The number of likely N-dealkylation sites (tertiary alicyclic amines) is 1. The van der Waals surface area contributed by atoms with Crippen LogP contribution in [0.15, 0.2) is 60.8 Å². The molecule has 1 heterocycles. The van der Waals surface area contributed by atoms with Crippen LogP contribution >= 0.6 is 0 Å². The topological polar surface area (TPSA) is 41.6 Å². The summed E-state index contributed by atoms with van der Waals surface area (Å²) in [6, 6.07) is 15.4. The van der Waals surface area contributed by atoms with E-state index in [9.17, 15) is 4.79 Å². The summed E-state index contributed by atoms with van der Waals surface area (Å²) in [5.74, 6) is 0.877. The van der Waals surface area contributed by atoms with E-state index in [4.69, 9.17) is 4.74 Å². The molecule has 0 aliphatic carbocycles. The van der Waals surface area contributed by atoms with Crippen LogP contribution in [0, 0.1) is 6.92 Å². The summed E-state index contributed by atoms with van der Waals surface area (Å²) in [5.41, 5.74) is 4.19. The third-order valence-electron chi connectivity index (χ3n) is 4.27. The van der Waals surface area contributed by atoms with Crippen LogP contribution in [0.1, 0.15) is 24.0 Å². The Morgan fingerprint density at radius 1 is 1.15 bits per heavy atom. The molecule has 0 bridgehead atoms. The van der Waals surface area contributed by atoms with Crippen molar-refractivity contribution in [2.24, 2.45) is 0 Å². The molecular formula is C22H26KN2O2-. The maximum absolute atomic E-state index is 10.2. The molecule has 4 nitrogen and oxygen atoms in total. The van der Waals surface area contributed by atoms with E-state index in [2.05, 4.69) is 23.7 Å². The zero-order chi connectivity index (χ0) is 18.8. The van der Waals surface area contributed by atoms with E-state index in [1.807, 2.05) is 48.5 Å². The molecule has 0 aromatic heterocycles. The Morgan fingerprint density at radius 3 is 2.26 bits per heavy atom. The molecule has 1 N–H and O–H groups in total. The van der Waals surface area contributed by atoms with Gasteiger partial charge < -0.3 is 19.7 Å². The van der Waals surface area contributed by atoms with E-state index in [0.717, 1.165) is 36.5 Å². The minimum Gasteiger partial charge on any atom is -0.499 e. The van der Waals surface area contributed by atoms with E-state index in [0.29, 0.717) is 0 Å². The van der Waals surface area contributed by atoms with Crippen molar-refractivity contribution in [3.63, 3.8) is 0 Å². The third-order valence-corrected chi connectivity index (χ3v) is 4.27. The molecule has 2 aromatic carbocycles. The molecule has 1 fully saturated rings. The molecule has 5 heteroatoms. The number of hydrogen-bond acceptors (Lipinski definition) is 3. The smallest absolute Gasteiger partial charge is 0.499 e. The number of rotatable bonds is 6. The van der Waals surface area contributed by atoms with Crippen molar-refractivity contribution in [2.75, 3.05) is 25.5 Å². The van der Waals surface area contributed by atoms with Crippen molar-refractivity contribution in [2.45, 2.75) is 19.3 Å². The zero-order valence-electron chi connectivity index (χ0n) is 16.3. The number of amides is 1. The first-order chi connectivity index (χ1) is 12.6. The first-order valence-electron chi connectivity index (χ1n) is 8.73. The van der Waals surface area contributed by atoms with Crippen LogP contribution in [0.2, 0.25) is 0 Å². The van der Waals surface area contributed by atoms with Gasteiger partial charge in [-0.25, -0.2) is 0 Å². The van der Waals surface area contributed by atoms with Crippen LogP contribution in [0.5, 0.6) is 5.75 Å². The van der Waals surface area contributed by atoms with Gasteiger partial charge >= 0.3 is 51.4 Å². The Morgan fingerprint density at radius 2 is 1.74 bits per heavy atom. The number of carbonyl (C=O) groups excluding carboxylic acids is 1. The van der Waals surface area contributed by atoms with E-state index < -0.39 is 0 Å². The van der Waals surface area contributed by atoms with Gasteiger partial charge in [-0.2, -0.15) is 24.6 Å². The summed E-state index contributed by atoms with van der Waals surface area (Å²) < 4.78 is 4.94. The van der Waals surface area contributed by atoms with Crippen molar-refractivity contribution in [1.82, 2.24) is 4.90 Å². The van der Waals surface area contributed by atoms with Gasteiger partial charge in [-0.3, -0.25) is 0 Å². The molecule has 0 saturated carbocycles. The second kappa shape index (κ2) is 13.0. The fourth-order valence-electron chi connectivity index (χ4n) is 2.77. The predicted octanol–water partition coefficient (Wildman–Crippen LogP) is 1.20. The SMILES string of the molecule is C=C(Cc1ccc(N[C-]=O)cc1)N1CCCC1.[CH2-]c1ccc(OC)cc1.[K+]. The number of methoxy groups -OCH3 is 1. The number of allylic oxidation sites excluding steroid dienone is 1. The monoisotopic (exact) mass is 389 g/mol. The second-order valence-electron chi connectivity index (χ2n) is 6.21. The number of nitrogens with zero attached hydrogens (tertiary/aromatic N) is 1. The average molecular weight is 390 g/mol. The van der Waals surface area contributed by atoms with Gasteiger partial charge in [-0.05, 0) is 18.4 Å². The summed E-state index contributed by atoms with van der Waals surface area (Å²) in [4.78, 5) is 12.5. The molecule has 1 amide bonds. The molecular weight excluding hydrogens is 363 g/mol. The Bertz CT molecular complexity index is 693. The van der Waals surface area contributed by atoms with E-state index in [1.165, 1.54) is 24.1 Å². The van der Waals surface area contributed by atoms with E-state index in [1.54, 1.807) is 13.5 Å². The summed E-state index contributed by atoms with van der Waals surface area (Å²) in [5, 5.41) is 2.50. The van der Waals surface area contributed by atoms with Crippen LogP contribution in [0.25, 0.3) is 0 Å². The number of nitrogens with one attached hydrogen (secondary N) is 1. The number of benzene rings is 2. The normalized spacial score (nSPS) is 12.3.